The number of alkyl halides is 3. The van der Waals surface area contributed by atoms with Crippen LogP contribution in [0.5, 0.6) is 5.75 Å². The molecule has 0 bridgehead atoms. The molecule has 9 heteroatoms. The molecule has 1 saturated heterocycles. The van der Waals surface area contributed by atoms with Gasteiger partial charge in [-0.2, -0.15) is 13.2 Å². The first kappa shape index (κ1) is 29.7. The number of hydrogen-bond donors (Lipinski definition) is 2. The van der Waals surface area contributed by atoms with Gasteiger partial charge in [0.25, 0.3) is 0 Å². The van der Waals surface area contributed by atoms with Crippen LogP contribution < -0.4 is 4.74 Å². The molecule has 1 fully saturated rings. The van der Waals surface area contributed by atoms with Crippen LogP contribution in [0.4, 0.5) is 13.2 Å². The van der Waals surface area contributed by atoms with Crippen LogP contribution in [-0.4, -0.2) is 53.5 Å². The van der Waals surface area contributed by atoms with Crippen LogP contribution in [0, 0.1) is 5.92 Å². The fourth-order valence-electron chi connectivity index (χ4n) is 4.63. The smallest absolute Gasteiger partial charge is 0.490 e. The first-order chi connectivity index (χ1) is 18.1. The number of carboxylic acid groups (broad SMARTS) is 1. The molecule has 3 aromatic carbocycles. The Morgan fingerprint density at radius 1 is 0.921 bits per heavy atom. The number of hydrogen-bond acceptors (Lipinski definition) is 4. The van der Waals surface area contributed by atoms with Crippen LogP contribution in [0.1, 0.15) is 30.4 Å². The zero-order chi connectivity index (χ0) is 27.6. The Morgan fingerprint density at radius 3 is 1.92 bits per heavy atom. The van der Waals surface area contributed by atoms with E-state index in [0.29, 0.717) is 6.61 Å². The molecule has 0 atom stereocenters. The van der Waals surface area contributed by atoms with Gasteiger partial charge in [0.1, 0.15) is 11.4 Å². The first-order valence-electron chi connectivity index (χ1n) is 12.3. The molecule has 2 N–H and O–H groups in total. The lowest BCUT2D eigenvalue weighted by Gasteiger charge is -2.42. The number of rotatable bonds is 8. The van der Waals surface area contributed by atoms with Gasteiger partial charge in [-0.15, -0.1) is 0 Å². The van der Waals surface area contributed by atoms with E-state index >= 15 is 0 Å². The van der Waals surface area contributed by atoms with E-state index in [4.69, 9.17) is 14.6 Å². The van der Waals surface area contributed by atoms with Gasteiger partial charge in [-0.05, 0) is 67.6 Å². The van der Waals surface area contributed by atoms with Crippen molar-refractivity contribution in [3.63, 3.8) is 0 Å². The number of ether oxygens (including phenoxy) is 1. The van der Waals surface area contributed by atoms with Gasteiger partial charge in [0.05, 0.1) is 6.61 Å². The molecule has 0 aromatic heterocycles. The Labute approximate surface area is 229 Å². The average Bonchev–Trinajstić information content (AvgIpc) is 2.92. The van der Waals surface area contributed by atoms with Crippen LogP contribution in [0.15, 0.2) is 89.4 Å². The summed E-state index contributed by atoms with van der Waals surface area (Å²) in [6, 6.07) is 28.3. The van der Waals surface area contributed by atoms with Gasteiger partial charge in [-0.1, -0.05) is 82.7 Å². The predicted molar refractivity (Wildman–Crippen MR) is 143 cm³/mol. The normalized spacial score (nSPS) is 14.9. The molecule has 5 nitrogen and oxygen atoms in total. The number of aliphatic carboxylic acids is 1. The quantitative estimate of drug-likeness (QED) is 0.292. The van der Waals surface area contributed by atoms with Gasteiger partial charge in [0.15, 0.2) is 0 Å². The molecule has 0 unspecified atom stereocenters. The van der Waals surface area contributed by atoms with Crippen LogP contribution in [0.2, 0.25) is 0 Å². The van der Waals surface area contributed by atoms with Gasteiger partial charge < -0.3 is 19.8 Å². The SMILES string of the molecule is O=C(O)C(F)(F)F.OC(c1ccccc1)(c1ccccc1)C1CCN(CCCOc2cccc(Br)c2)CC1. The first-order valence-corrected chi connectivity index (χ1v) is 13.1. The lowest BCUT2D eigenvalue weighted by Crippen LogP contribution is -2.44. The molecular weight excluding hydrogens is 563 g/mol. The van der Waals surface area contributed by atoms with Crippen molar-refractivity contribution in [2.45, 2.75) is 31.0 Å². The molecule has 204 valence electrons. The molecular formula is C29H31BrF3NO4. The van der Waals surface area contributed by atoms with E-state index in [1.165, 1.54) is 0 Å². The van der Waals surface area contributed by atoms with E-state index in [1.807, 2.05) is 60.7 Å². The Morgan fingerprint density at radius 2 is 1.45 bits per heavy atom. The van der Waals surface area contributed by atoms with Crippen molar-refractivity contribution in [1.82, 2.24) is 4.90 Å². The fourth-order valence-corrected chi connectivity index (χ4v) is 5.01. The van der Waals surface area contributed by atoms with Crippen molar-refractivity contribution in [3.05, 3.63) is 101 Å². The number of carbonyl (C=O) groups is 1. The highest BCUT2D eigenvalue weighted by molar-refractivity contribution is 9.10. The zero-order valence-corrected chi connectivity index (χ0v) is 22.4. The molecule has 1 aliphatic heterocycles. The lowest BCUT2D eigenvalue weighted by atomic mass is 9.72. The summed E-state index contributed by atoms with van der Waals surface area (Å²) in [5, 5.41) is 19.1. The number of aliphatic hydroxyl groups is 1. The number of halogens is 4. The molecule has 0 radical (unpaired) electrons. The van der Waals surface area contributed by atoms with Crippen LogP contribution in [0.25, 0.3) is 0 Å². The van der Waals surface area contributed by atoms with Crippen molar-refractivity contribution in [2.75, 3.05) is 26.2 Å². The van der Waals surface area contributed by atoms with Crippen LogP contribution in [-0.2, 0) is 10.4 Å². The number of nitrogens with zero attached hydrogens (tertiary/aromatic N) is 1. The molecule has 1 heterocycles. The van der Waals surface area contributed by atoms with Gasteiger partial charge in [-0.3, -0.25) is 0 Å². The van der Waals surface area contributed by atoms with Crippen molar-refractivity contribution in [3.8, 4) is 5.75 Å². The van der Waals surface area contributed by atoms with E-state index in [0.717, 1.165) is 60.2 Å². The maximum atomic E-state index is 12.0. The Balaban J connectivity index is 0.000000505. The molecule has 0 saturated carbocycles. The molecule has 38 heavy (non-hydrogen) atoms. The standard InChI is InChI=1S/C27H30BrNO2.C2HF3O2/c28-25-13-7-14-26(21-25)31-20-8-17-29-18-15-24(16-19-29)27(30,22-9-3-1-4-10-22)23-11-5-2-6-12-23;3-2(4,5)1(6)7/h1-7,9-14,21,24,30H,8,15-20H2;(H,6,7). The summed E-state index contributed by atoms with van der Waals surface area (Å²) in [4.78, 5) is 11.4. The van der Waals surface area contributed by atoms with Crippen molar-refractivity contribution in [1.29, 1.82) is 0 Å². The van der Waals surface area contributed by atoms with Gasteiger partial charge in [0.2, 0.25) is 0 Å². The Bertz CT molecular complexity index is 1100. The zero-order valence-electron chi connectivity index (χ0n) is 20.8. The fraction of sp³-hybridized carbons (Fsp3) is 0.345. The molecule has 0 aliphatic carbocycles. The summed E-state index contributed by atoms with van der Waals surface area (Å²) in [5.74, 6) is -1.65. The maximum absolute atomic E-state index is 12.0. The van der Waals surface area contributed by atoms with Gasteiger partial charge in [-0.25, -0.2) is 4.79 Å². The highest BCUT2D eigenvalue weighted by atomic mass is 79.9. The van der Waals surface area contributed by atoms with E-state index in [1.54, 1.807) is 0 Å². The molecule has 1 aliphatic rings. The third-order valence-electron chi connectivity index (χ3n) is 6.53. The molecule has 0 spiro atoms. The summed E-state index contributed by atoms with van der Waals surface area (Å²) in [6.07, 6.45) is -2.13. The minimum absolute atomic E-state index is 0.200. The highest BCUT2D eigenvalue weighted by Gasteiger charge is 2.41. The summed E-state index contributed by atoms with van der Waals surface area (Å²) in [6.45, 7) is 3.75. The van der Waals surface area contributed by atoms with E-state index in [2.05, 4.69) is 45.1 Å². The largest absolute Gasteiger partial charge is 0.494 e. The number of likely N-dealkylation sites (tertiary alicyclic amines) is 1. The van der Waals surface area contributed by atoms with E-state index in [-0.39, 0.29) is 5.92 Å². The highest BCUT2D eigenvalue weighted by Crippen LogP contribution is 2.41. The Kier molecular flexibility index (Phi) is 10.8. The number of benzene rings is 3. The van der Waals surface area contributed by atoms with Crippen molar-refractivity contribution in [2.24, 2.45) is 5.92 Å². The summed E-state index contributed by atoms with van der Waals surface area (Å²) >= 11 is 3.48. The Hall–Kier alpha value is -2.88. The topological polar surface area (TPSA) is 70.0 Å². The lowest BCUT2D eigenvalue weighted by molar-refractivity contribution is -0.192. The average molecular weight is 594 g/mol. The molecule has 0 amide bonds. The van der Waals surface area contributed by atoms with Crippen molar-refractivity contribution >= 4 is 21.9 Å². The summed E-state index contributed by atoms with van der Waals surface area (Å²) < 4.78 is 38.6. The minimum Gasteiger partial charge on any atom is -0.494 e. The second kappa shape index (κ2) is 13.8. The van der Waals surface area contributed by atoms with Gasteiger partial charge in [0, 0.05) is 11.0 Å². The predicted octanol–water partition coefficient (Wildman–Crippen LogP) is 6.50. The summed E-state index contributed by atoms with van der Waals surface area (Å²) in [5.41, 5.74) is 1.03. The number of carboxylic acids is 1. The number of piperidine rings is 1. The monoisotopic (exact) mass is 593 g/mol. The maximum Gasteiger partial charge on any atom is 0.490 e. The third kappa shape index (κ3) is 8.31. The van der Waals surface area contributed by atoms with Gasteiger partial charge >= 0.3 is 12.1 Å². The summed E-state index contributed by atoms with van der Waals surface area (Å²) in [7, 11) is 0. The van der Waals surface area contributed by atoms with Crippen LogP contribution in [0.3, 0.4) is 0 Å². The second-order valence-corrected chi connectivity index (χ2v) is 9.99. The molecule has 3 aromatic rings. The molecule has 4 rings (SSSR count). The third-order valence-corrected chi connectivity index (χ3v) is 7.03. The van der Waals surface area contributed by atoms with Crippen LogP contribution >= 0.6 is 15.9 Å². The minimum atomic E-state index is -5.08. The van der Waals surface area contributed by atoms with E-state index < -0.39 is 17.7 Å². The second-order valence-electron chi connectivity index (χ2n) is 9.08. The van der Waals surface area contributed by atoms with Crippen molar-refractivity contribution < 1.29 is 32.9 Å². The van der Waals surface area contributed by atoms with E-state index in [9.17, 15) is 18.3 Å².